The zero-order valence-electron chi connectivity index (χ0n) is 41.5. The summed E-state index contributed by atoms with van der Waals surface area (Å²) < 4.78 is 30.7. The van der Waals surface area contributed by atoms with E-state index in [0.717, 1.165) is 5.56 Å². The van der Waals surface area contributed by atoms with Crippen LogP contribution in [0.5, 0.6) is 5.88 Å². The average molecular weight is 1030 g/mol. The zero-order valence-corrected chi connectivity index (χ0v) is 41.5. The number of non-ortho nitro benzene ring substituents is 1. The second-order valence-corrected chi connectivity index (χ2v) is 17.3. The molecule has 0 fully saturated rings. The number of hydrogen-bond donors (Lipinski definition) is 5. The third kappa shape index (κ3) is 12.3. The van der Waals surface area contributed by atoms with Gasteiger partial charge in [0.15, 0.2) is 35.5 Å². The number of carbonyl (C=O) groups excluding carboxylic acids is 6. The molecule has 0 saturated heterocycles. The van der Waals surface area contributed by atoms with Gasteiger partial charge in [-0.3, -0.25) is 43.4 Å². The second kappa shape index (κ2) is 22.3. The number of benzene rings is 1. The molecule has 26 nitrogen and oxygen atoms in total. The third-order valence-corrected chi connectivity index (χ3v) is 11.7. The number of rotatable bonds is 21. The quantitative estimate of drug-likeness (QED) is 0.0275. The Bertz CT molecular complexity index is 3380. The highest BCUT2D eigenvalue weighted by Gasteiger charge is 2.32. The Morgan fingerprint density at radius 1 is 0.760 bits per heavy atom. The van der Waals surface area contributed by atoms with E-state index in [1.54, 1.807) is 106 Å². The molecule has 0 unspecified atom stereocenters. The number of nitro groups is 1. The smallest absolute Gasteiger partial charge is 0.307 e. The third-order valence-electron chi connectivity index (χ3n) is 11.7. The molecule has 0 aliphatic carbocycles. The maximum atomic E-state index is 13.5. The number of amides is 4. The fourth-order valence-corrected chi connectivity index (χ4v) is 8.02. The summed E-state index contributed by atoms with van der Waals surface area (Å²) in [5.41, 5.74) is 3.70. The van der Waals surface area contributed by atoms with Crippen LogP contribution in [0.3, 0.4) is 0 Å². The van der Waals surface area contributed by atoms with Gasteiger partial charge in [-0.15, -0.1) is 0 Å². The van der Waals surface area contributed by atoms with Crippen molar-refractivity contribution in [2.45, 2.75) is 39.3 Å². The molecule has 1 aliphatic rings. The maximum absolute atomic E-state index is 13.5. The van der Waals surface area contributed by atoms with Crippen molar-refractivity contribution in [1.82, 2.24) is 43.1 Å². The number of nitrogens with one attached hydrogen (secondary N) is 5. The molecule has 8 rings (SSSR count). The molecule has 6 aromatic heterocycles. The fraction of sp³-hybridized carbons (Fsp3) is 0.286. The first-order valence-electron chi connectivity index (χ1n) is 23.3. The van der Waals surface area contributed by atoms with E-state index in [4.69, 9.17) is 23.9 Å². The standard InChI is InChI=1S/C49H52N14O12/c1-28(64)73-26-40-39(74-29(2)65)22-41(75-40)62-27-52-42-43(62)56-49(57-48(42)72-18-14-30-10-12-34(13-11-30)63(70)71)51-16-8-15-50-44(66)36-19-31(23-59(36)4)54-46(68)38-21-33(25-61(38)6)55-47(69)37-20-32(24-60(37)5)53-45(67)35-9-7-17-58(35)3/h7,9-13,17,19-21,23-25,27,41H,8,14-16,18,22,26H2,1-6H3,(H,50,66)(H,53,67)(H,54,68)(H,55,69)(H,51,56,57)/t41-/m1/s1. The van der Waals surface area contributed by atoms with Gasteiger partial charge in [-0.1, -0.05) is 12.1 Å². The van der Waals surface area contributed by atoms with Crippen molar-refractivity contribution in [3.8, 4) is 5.88 Å². The molecule has 7 aromatic rings. The summed E-state index contributed by atoms with van der Waals surface area (Å²) in [6.45, 7) is 2.86. The molecule has 5 N–H and O–H groups in total. The lowest BCUT2D eigenvalue weighted by Crippen LogP contribution is -2.27. The van der Waals surface area contributed by atoms with Crippen LogP contribution in [0.2, 0.25) is 0 Å². The zero-order chi connectivity index (χ0) is 53.5. The first-order chi connectivity index (χ1) is 35.9. The van der Waals surface area contributed by atoms with Gasteiger partial charge in [0.25, 0.3) is 29.3 Å². The highest BCUT2D eigenvalue weighted by atomic mass is 16.6. The Labute approximate surface area is 426 Å². The van der Waals surface area contributed by atoms with Gasteiger partial charge in [-0.05, 0) is 42.3 Å². The predicted octanol–water partition coefficient (Wildman–Crippen LogP) is 4.96. The molecule has 7 heterocycles. The van der Waals surface area contributed by atoms with Crippen LogP contribution < -0.4 is 31.3 Å². The van der Waals surface area contributed by atoms with Gasteiger partial charge in [-0.2, -0.15) is 9.97 Å². The summed E-state index contributed by atoms with van der Waals surface area (Å²) in [6.07, 6.45) is 8.09. The van der Waals surface area contributed by atoms with Crippen molar-refractivity contribution in [3.05, 3.63) is 136 Å². The van der Waals surface area contributed by atoms with Gasteiger partial charge in [0.05, 0.1) is 35.0 Å². The molecule has 0 spiro atoms. The first-order valence-corrected chi connectivity index (χ1v) is 23.3. The minimum absolute atomic E-state index is 0.0376. The van der Waals surface area contributed by atoms with Crippen molar-refractivity contribution < 1.29 is 52.6 Å². The van der Waals surface area contributed by atoms with E-state index in [9.17, 15) is 38.9 Å². The van der Waals surface area contributed by atoms with Crippen LogP contribution in [0, 0.1) is 10.1 Å². The molecule has 0 bridgehead atoms. The molecular weight excluding hydrogens is 977 g/mol. The highest BCUT2D eigenvalue weighted by Crippen LogP contribution is 2.36. The van der Waals surface area contributed by atoms with E-state index < -0.39 is 40.8 Å². The number of esters is 2. The summed E-state index contributed by atoms with van der Waals surface area (Å²) in [5.74, 6) is -2.22. The SMILES string of the molecule is CC(=O)OCC1=C(OC(C)=O)C[C@H](n2cnc3c(OCCc4ccc([N+](=O)[O-])cc4)nc(NCCCNC(=O)c4cc(NC(=O)c5cc(NC(=O)c6cc(NC(=O)c7cccn7C)cn6C)cn5C)cn4C)nc32)O1. The lowest BCUT2D eigenvalue weighted by molar-refractivity contribution is -0.384. The summed E-state index contributed by atoms with van der Waals surface area (Å²) >= 11 is 0. The van der Waals surface area contributed by atoms with Gasteiger partial charge in [0, 0.05) is 98.5 Å². The number of imidazole rings is 1. The van der Waals surface area contributed by atoms with E-state index in [1.165, 1.54) is 44.4 Å². The summed E-state index contributed by atoms with van der Waals surface area (Å²) in [5, 5.41) is 25.6. The van der Waals surface area contributed by atoms with Crippen LogP contribution in [0.25, 0.3) is 11.2 Å². The number of fused-ring (bicyclic) bond motifs is 1. The number of aryl methyl sites for hydroxylation is 4. The van der Waals surface area contributed by atoms with Gasteiger partial charge >= 0.3 is 11.9 Å². The van der Waals surface area contributed by atoms with Crippen LogP contribution in [-0.2, 0) is 58.4 Å². The Balaban J connectivity index is 0.866. The molecule has 1 aliphatic heterocycles. The van der Waals surface area contributed by atoms with E-state index in [1.807, 2.05) is 0 Å². The fourth-order valence-electron chi connectivity index (χ4n) is 8.02. The summed E-state index contributed by atoms with van der Waals surface area (Å²) in [7, 11) is 6.75. The van der Waals surface area contributed by atoms with E-state index in [-0.39, 0.29) is 83.7 Å². The number of nitro benzene ring substituents is 1. The van der Waals surface area contributed by atoms with E-state index in [2.05, 4.69) is 36.6 Å². The number of ether oxygens (including phenoxy) is 4. The van der Waals surface area contributed by atoms with Crippen LogP contribution in [-0.4, -0.2) is 105 Å². The Morgan fingerprint density at radius 3 is 1.92 bits per heavy atom. The number of carbonyl (C=O) groups is 6. The normalized spacial score (nSPS) is 13.0. The number of aromatic nitrogens is 8. The van der Waals surface area contributed by atoms with Crippen LogP contribution >= 0.6 is 0 Å². The average Bonchev–Trinajstić information content (AvgIpc) is 4.24. The van der Waals surface area contributed by atoms with Gasteiger partial charge in [-0.25, -0.2) is 4.98 Å². The van der Waals surface area contributed by atoms with Crippen molar-refractivity contribution in [2.75, 3.05) is 47.6 Å². The van der Waals surface area contributed by atoms with Crippen molar-refractivity contribution in [2.24, 2.45) is 28.2 Å². The molecule has 26 heteroatoms. The minimum atomic E-state index is -0.808. The minimum Gasteiger partial charge on any atom is -0.476 e. The Kier molecular flexibility index (Phi) is 15.4. The van der Waals surface area contributed by atoms with Gasteiger partial charge in [0.2, 0.25) is 11.8 Å². The van der Waals surface area contributed by atoms with Crippen LogP contribution in [0.1, 0.15) is 80.4 Å². The van der Waals surface area contributed by atoms with Crippen LogP contribution in [0.15, 0.2) is 97.2 Å². The number of nitrogens with zero attached hydrogens (tertiary/aromatic N) is 9. The molecule has 4 amide bonds. The lowest BCUT2D eigenvalue weighted by atomic mass is 10.1. The van der Waals surface area contributed by atoms with Crippen molar-refractivity contribution in [3.63, 3.8) is 0 Å². The van der Waals surface area contributed by atoms with Gasteiger partial charge < -0.3 is 63.8 Å². The molecule has 75 heavy (non-hydrogen) atoms. The monoisotopic (exact) mass is 1030 g/mol. The summed E-state index contributed by atoms with van der Waals surface area (Å²) in [6, 6.07) is 14.1. The molecule has 390 valence electrons. The van der Waals surface area contributed by atoms with E-state index in [0.29, 0.717) is 47.8 Å². The predicted molar refractivity (Wildman–Crippen MR) is 269 cm³/mol. The number of anilines is 4. The Morgan fingerprint density at radius 2 is 1.36 bits per heavy atom. The van der Waals surface area contributed by atoms with Crippen molar-refractivity contribution >= 4 is 75.4 Å². The van der Waals surface area contributed by atoms with Crippen LogP contribution in [0.4, 0.5) is 28.7 Å². The van der Waals surface area contributed by atoms with Gasteiger partial charge in [0.1, 0.15) is 29.1 Å². The molecule has 1 atom stereocenters. The maximum Gasteiger partial charge on any atom is 0.307 e. The molecule has 0 radical (unpaired) electrons. The number of hydrogen-bond acceptors (Lipinski definition) is 16. The largest absolute Gasteiger partial charge is 0.476 e. The first kappa shape index (κ1) is 51.6. The topological polar surface area (TPSA) is 306 Å². The molecule has 1 aromatic carbocycles. The lowest BCUT2D eigenvalue weighted by Gasteiger charge is -2.15. The van der Waals surface area contributed by atoms with Crippen molar-refractivity contribution in [1.29, 1.82) is 0 Å². The summed E-state index contributed by atoms with van der Waals surface area (Å²) in [4.78, 5) is 101. The highest BCUT2D eigenvalue weighted by molar-refractivity contribution is 6.08. The van der Waals surface area contributed by atoms with E-state index >= 15 is 0 Å². The molecular formula is C49H52N14O12. The molecule has 0 saturated carbocycles. The Hall–Kier alpha value is -9.75. The second-order valence-electron chi connectivity index (χ2n) is 17.3.